The van der Waals surface area contributed by atoms with Crippen molar-refractivity contribution in [1.82, 2.24) is 0 Å². The summed E-state index contributed by atoms with van der Waals surface area (Å²) in [6.45, 7) is 5.95. The second-order valence-electron chi connectivity index (χ2n) is 12.5. The lowest BCUT2D eigenvalue weighted by Crippen LogP contribution is -2.63. The Morgan fingerprint density at radius 2 is 2.10 bits per heavy atom. The van der Waals surface area contributed by atoms with Crippen molar-refractivity contribution in [2.24, 2.45) is 28.6 Å². The first-order valence-corrected chi connectivity index (χ1v) is 14.2. The van der Waals surface area contributed by atoms with Crippen molar-refractivity contribution in [3.63, 3.8) is 0 Å². The molecule has 4 fully saturated rings. The van der Waals surface area contributed by atoms with Gasteiger partial charge in [0, 0.05) is 22.8 Å². The number of carbonyl (C=O) groups excluding carboxylic acids is 2. The van der Waals surface area contributed by atoms with E-state index in [-0.39, 0.29) is 47.4 Å². The molecule has 3 saturated carbocycles. The SMILES string of the molecule is CCCC1O[C@@H]2CC3[C@@H]4CCC5=CC(=O)C=C[C@]5(C)C4[C@@H](O)C[C@]3(C)[C@]2(C(=O)COc2ccc(N)c(F)c2)O1. The number of hydrogen-bond acceptors (Lipinski definition) is 7. The van der Waals surface area contributed by atoms with Crippen LogP contribution in [0.2, 0.25) is 0 Å². The standard InChI is InChI=1S/C31H38FNO6/c1-4-5-27-38-26-14-21-20-8-6-17-12-18(34)10-11-29(17,2)28(20)24(35)15-30(21,3)31(26,39-27)25(36)16-37-19-7-9-23(33)22(32)13-19/h7,9-13,20-21,24,26-28,35H,4-6,8,14-16,33H2,1-3H3/t20-,21?,24-,26+,27?,28?,29-,30-,31+/m0/s1. The van der Waals surface area contributed by atoms with Crippen LogP contribution in [0, 0.1) is 34.4 Å². The summed E-state index contributed by atoms with van der Waals surface area (Å²) in [5.74, 6) is -0.476. The number of benzene rings is 1. The molecule has 39 heavy (non-hydrogen) atoms. The Kier molecular flexibility index (Phi) is 6.32. The third-order valence-corrected chi connectivity index (χ3v) is 10.6. The Bertz CT molecular complexity index is 1260. The number of anilines is 1. The average Bonchev–Trinajstić information content (AvgIpc) is 3.37. The number of ketones is 2. The zero-order valence-corrected chi connectivity index (χ0v) is 22.8. The summed E-state index contributed by atoms with van der Waals surface area (Å²) >= 11 is 0. The molecule has 0 amide bonds. The molecule has 6 rings (SSSR count). The molecule has 0 spiro atoms. The first-order chi connectivity index (χ1) is 18.5. The zero-order chi connectivity index (χ0) is 27.7. The zero-order valence-electron chi connectivity index (χ0n) is 22.8. The van der Waals surface area contributed by atoms with Crippen molar-refractivity contribution in [3.8, 4) is 5.75 Å². The molecule has 3 N–H and O–H groups in total. The van der Waals surface area contributed by atoms with Gasteiger partial charge in [-0.1, -0.05) is 38.8 Å². The number of allylic oxidation sites excluding steroid dienone is 4. The molecular weight excluding hydrogens is 501 g/mol. The van der Waals surface area contributed by atoms with Crippen molar-refractivity contribution in [2.75, 3.05) is 12.3 Å². The van der Waals surface area contributed by atoms with E-state index in [0.29, 0.717) is 19.3 Å². The number of nitrogen functional groups attached to an aromatic ring is 1. The maximum Gasteiger partial charge on any atom is 0.205 e. The largest absolute Gasteiger partial charge is 0.486 e. The van der Waals surface area contributed by atoms with E-state index >= 15 is 0 Å². The molecule has 7 nitrogen and oxygen atoms in total. The minimum absolute atomic E-state index is 0.000704. The summed E-state index contributed by atoms with van der Waals surface area (Å²) in [5, 5.41) is 11.8. The van der Waals surface area contributed by atoms with E-state index in [1.165, 1.54) is 18.2 Å². The normalized spacial score (nSPS) is 42.3. The Morgan fingerprint density at radius 1 is 1.31 bits per heavy atom. The van der Waals surface area contributed by atoms with E-state index in [9.17, 15) is 19.1 Å². The number of rotatable bonds is 6. The highest BCUT2D eigenvalue weighted by atomic mass is 19.1. The van der Waals surface area contributed by atoms with E-state index in [2.05, 4.69) is 13.8 Å². The number of carbonyl (C=O) groups is 2. The van der Waals surface area contributed by atoms with Gasteiger partial charge in [-0.15, -0.1) is 0 Å². The van der Waals surface area contributed by atoms with E-state index in [4.69, 9.17) is 19.9 Å². The van der Waals surface area contributed by atoms with Crippen molar-refractivity contribution in [2.45, 2.75) is 83.4 Å². The van der Waals surface area contributed by atoms with Gasteiger partial charge in [0.15, 0.2) is 17.7 Å². The molecule has 4 aliphatic carbocycles. The topological polar surface area (TPSA) is 108 Å². The van der Waals surface area contributed by atoms with Gasteiger partial charge in [0.1, 0.15) is 18.2 Å². The van der Waals surface area contributed by atoms with Gasteiger partial charge in [-0.05, 0) is 68.2 Å². The van der Waals surface area contributed by atoms with Gasteiger partial charge in [0.2, 0.25) is 5.78 Å². The van der Waals surface area contributed by atoms with E-state index in [1.807, 2.05) is 13.0 Å². The van der Waals surface area contributed by atoms with Crippen molar-refractivity contribution in [3.05, 3.63) is 47.8 Å². The molecule has 8 heteroatoms. The maximum atomic E-state index is 14.2. The molecule has 1 heterocycles. The number of Topliss-reactive ketones (excluding diaryl/α,β-unsaturated/α-hetero) is 1. The summed E-state index contributed by atoms with van der Waals surface area (Å²) in [7, 11) is 0. The fourth-order valence-corrected chi connectivity index (χ4v) is 8.86. The van der Waals surface area contributed by atoms with Crippen LogP contribution in [0.15, 0.2) is 42.0 Å². The van der Waals surface area contributed by atoms with Crippen LogP contribution in [-0.4, -0.2) is 47.4 Å². The van der Waals surface area contributed by atoms with Gasteiger partial charge in [-0.25, -0.2) is 4.39 Å². The van der Waals surface area contributed by atoms with Crippen LogP contribution in [0.4, 0.5) is 10.1 Å². The van der Waals surface area contributed by atoms with Gasteiger partial charge in [0.05, 0.1) is 17.9 Å². The molecule has 1 aromatic carbocycles. The van der Waals surface area contributed by atoms with Crippen LogP contribution in [0.3, 0.4) is 0 Å². The predicted molar refractivity (Wildman–Crippen MR) is 142 cm³/mol. The molecule has 5 aliphatic rings. The van der Waals surface area contributed by atoms with Crippen LogP contribution < -0.4 is 10.5 Å². The minimum atomic E-state index is -1.27. The highest BCUT2D eigenvalue weighted by molar-refractivity contribution is 6.01. The summed E-state index contributed by atoms with van der Waals surface area (Å²) in [4.78, 5) is 26.3. The molecule has 1 saturated heterocycles. The lowest BCUT2D eigenvalue weighted by molar-refractivity contribution is -0.200. The van der Waals surface area contributed by atoms with Gasteiger partial charge in [0.25, 0.3) is 0 Å². The van der Waals surface area contributed by atoms with Crippen LogP contribution in [0.1, 0.15) is 59.3 Å². The molecule has 0 bridgehead atoms. The maximum absolute atomic E-state index is 14.2. The third kappa shape index (κ3) is 3.78. The van der Waals surface area contributed by atoms with Gasteiger partial charge < -0.3 is 25.1 Å². The molecule has 3 unspecified atom stereocenters. The van der Waals surface area contributed by atoms with Crippen molar-refractivity contribution >= 4 is 17.3 Å². The van der Waals surface area contributed by atoms with Crippen LogP contribution >= 0.6 is 0 Å². The van der Waals surface area contributed by atoms with Crippen LogP contribution in [-0.2, 0) is 19.1 Å². The van der Waals surface area contributed by atoms with E-state index in [0.717, 1.165) is 24.8 Å². The molecule has 210 valence electrons. The Morgan fingerprint density at radius 3 is 2.85 bits per heavy atom. The molecule has 0 radical (unpaired) electrons. The second-order valence-corrected chi connectivity index (χ2v) is 12.5. The second kappa shape index (κ2) is 9.25. The van der Waals surface area contributed by atoms with Gasteiger partial charge in [-0.2, -0.15) is 0 Å². The summed E-state index contributed by atoms with van der Waals surface area (Å²) in [5.41, 5.74) is 4.33. The third-order valence-electron chi connectivity index (χ3n) is 10.6. The number of aliphatic hydroxyl groups is 1. The number of nitrogens with two attached hydrogens (primary N) is 1. The number of aliphatic hydroxyl groups excluding tert-OH is 1. The minimum Gasteiger partial charge on any atom is -0.486 e. The molecule has 0 aromatic heterocycles. The summed E-state index contributed by atoms with van der Waals surface area (Å²) < 4.78 is 32.9. The Hall–Kier alpha value is -2.55. The van der Waals surface area contributed by atoms with E-state index < -0.39 is 40.7 Å². The smallest absolute Gasteiger partial charge is 0.205 e. The van der Waals surface area contributed by atoms with E-state index in [1.54, 1.807) is 12.2 Å². The van der Waals surface area contributed by atoms with Crippen LogP contribution in [0.5, 0.6) is 5.75 Å². The molecular formula is C31H38FNO6. The predicted octanol–water partition coefficient (Wildman–Crippen LogP) is 4.52. The van der Waals surface area contributed by atoms with Crippen molar-refractivity contribution in [1.29, 1.82) is 0 Å². The monoisotopic (exact) mass is 539 g/mol. The Balaban J connectivity index is 1.34. The number of fused-ring (bicyclic) bond motifs is 7. The number of ether oxygens (including phenoxy) is 3. The highest BCUT2D eigenvalue weighted by Crippen LogP contribution is 2.69. The lowest BCUT2D eigenvalue weighted by atomic mass is 9.46. The average molecular weight is 540 g/mol. The van der Waals surface area contributed by atoms with Gasteiger partial charge in [-0.3, -0.25) is 9.59 Å². The van der Waals surface area contributed by atoms with Gasteiger partial charge >= 0.3 is 0 Å². The Labute approximate surface area is 228 Å². The fraction of sp³-hybridized carbons (Fsp3) is 0.613. The fourth-order valence-electron chi connectivity index (χ4n) is 8.86. The highest BCUT2D eigenvalue weighted by Gasteiger charge is 2.75. The first kappa shape index (κ1) is 26.7. The van der Waals surface area contributed by atoms with Crippen LogP contribution in [0.25, 0.3) is 0 Å². The number of halogens is 1. The molecule has 1 aromatic rings. The van der Waals surface area contributed by atoms with Crippen molar-refractivity contribution < 1.29 is 33.3 Å². The molecule has 9 atom stereocenters. The summed E-state index contributed by atoms with van der Waals surface area (Å²) in [6, 6.07) is 4.12. The summed E-state index contributed by atoms with van der Waals surface area (Å²) in [6.07, 6.45) is 7.86. The quantitative estimate of drug-likeness (QED) is 0.512. The number of hydrogen-bond donors (Lipinski definition) is 2. The lowest BCUT2D eigenvalue weighted by Gasteiger charge is -2.59. The first-order valence-electron chi connectivity index (χ1n) is 14.2. The molecule has 1 aliphatic heterocycles.